The van der Waals surface area contributed by atoms with Crippen LogP contribution in [0, 0.1) is 5.82 Å². The van der Waals surface area contributed by atoms with Crippen molar-refractivity contribution in [2.45, 2.75) is 19.2 Å². The topological polar surface area (TPSA) is 51.2 Å². The maximum atomic E-state index is 13.9. The van der Waals surface area contributed by atoms with E-state index in [2.05, 4.69) is 0 Å². The predicted molar refractivity (Wildman–Crippen MR) is 84.6 cm³/mol. The third-order valence-electron chi connectivity index (χ3n) is 4.48. The van der Waals surface area contributed by atoms with Gasteiger partial charge < -0.3 is 19.3 Å². The molecule has 2 aromatic rings. The highest BCUT2D eigenvalue weighted by Crippen LogP contribution is 2.48. The Bertz CT molecular complexity index is 780. The second-order valence-corrected chi connectivity index (χ2v) is 5.99. The van der Waals surface area contributed by atoms with Crippen LogP contribution in [-0.4, -0.2) is 30.5 Å². The fraction of sp³-hybridized carbons (Fsp3) is 0.333. The number of benzene rings is 2. The predicted octanol–water partition coefficient (Wildman–Crippen LogP) is 2.61. The van der Waals surface area contributed by atoms with E-state index in [9.17, 15) is 9.50 Å². The Morgan fingerprint density at radius 3 is 2.96 bits per heavy atom. The zero-order valence-electron chi connectivity index (χ0n) is 13.3. The molecule has 6 heteroatoms. The molecular weight excluding hydrogens is 313 g/mol. The van der Waals surface area contributed by atoms with Crippen LogP contribution in [0.2, 0.25) is 0 Å². The van der Waals surface area contributed by atoms with Gasteiger partial charge in [-0.15, -0.1) is 0 Å². The molecule has 24 heavy (non-hydrogen) atoms. The molecule has 2 heterocycles. The zero-order valence-corrected chi connectivity index (χ0v) is 13.3. The summed E-state index contributed by atoms with van der Waals surface area (Å²) in [7, 11) is 1.57. The summed E-state index contributed by atoms with van der Waals surface area (Å²) < 4.78 is 30.3. The summed E-state index contributed by atoms with van der Waals surface area (Å²) in [6, 6.07) is 8.50. The molecule has 2 aliphatic heterocycles. The summed E-state index contributed by atoms with van der Waals surface area (Å²) in [6.07, 6.45) is -0.691. The average Bonchev–Trinajstić information content (AvgIpc) is 3.03. The maximum Gasteiger partial charge on any atom is 0.231 e. The summed E-state index contributed by atoms with van der Waals surface area (Å²) in [5.41, 5.74) is 2.24. The van der Waals surface area contributed by atoms with Gasteiger partial charge in [0.15, 0.2) is 11.5 Å². The van der Waals surface area contributed by atoms with Crippen LogP contribution in [0.25, 0.3) is 0 Å². The standard InChI is InChI=1S/C18H18FNO4/c1-22-17-13-8-20(7-11-4-2-3-5-14(11)19)9-15(21)12(13)6-16-18(17)24-10-23-16/h2-6,15,21H,7-10H2,1H3. The monoisotopic (exact) mass is 331 g/mol. The summed E-state index contributed by atoms with van der Waals surface area (Å²) in [5.74, 6) is 1.50. The summed E-state index contributed by atoms with van der Waals surface area (Å²) in [4.78, 5) is 2.00. The molecule has 0 radical (unpaired) electrons. The Kier molecular flexibility index (Phi) is 3.78. The summed E-state index contributed by atoms with van der Waals surface area (Å²) in [6.45, 7) is 1.52. The molecule has 1 unspecified atom stereocenters. The zero-order chi connectivity index (χ0) is 16.7. The smallest absolute Gasteiger partial charge is 0.231 e. The van der Waals surface area contributed by atoms with E-state index in [1.165, 1.54) is 6.07 Å². The molecule has 0 amide bonds. The minimum atomic E-state index is -0.691. The molecule has 126 valence electrons. The van der Waals surface area contributed by atoms with Gasteiger partial charge in [-0.1, -0.05) is 18.2 Å². The van der Waals surface area contributed by atoms with Crippen LogP contribution in [0.5, 0.6) is 17.2 Å². The molecule has 1 atom stereocenters. The summed E-state index contributed by atoms with van der Waals surface area (Å²) in [5, 5.41) is 10.5. The second kappa shape index (κ2) is 5.96. The van der Waals surface area contributed by atoms with Gasteiger partial charge >= 0.3 is 0 Å². The molecule has 0 spiro atoms. The van der Waals surface area contributed by atoms with E-state index in [4.69, 9.17) is 14.2 Å². The first-order valence-corrected chi connectivity index (χ1v) is 7.80. The Morgan fingerprint density at radius 2 is 2.17 bits per heavy atom. The van der Waals surface area contributed by atoms with Gasteiger partial charge in [0.25, 0.3) is 0 Å². The van der Waals surface area contributed by atoms with Crippen molar-refractivity contribution in [2.24, 2.45) is 0 Å². The first-order valence-electron chi connectivity index (χ1n) is 7.80. The van der Waals surface area contributed by atoms with Gasteiger partial charge in [-0.25, -0.2) is 4.39 Å². The molecular formula is C18H18FNO4. The lowest BCUT2D eigenvalue weighted by Crippen LogP contribution is -2.33. The molecule has 0 aromatic heterocycles. The first kappa shape index (κ1) is 15.2. The molecule has 2 aliphatic rings. The van der Waals surface area contributed by atoms with Crippen LogP contribution in [-0.2, 0) is 13.1 Å². The molecule has 0 saturated carbocycles. The number of aliphatic hydroxyl groups excluding tert-OH is 1. The molecule has 0 aliphatic carbocycles. The lowest BCUT2D eigenvalue weighted by atomic mass is 9.95. The molecule has 4 rings (SSSR count). The Morgan fingerprint density at radius 1 is 1.33 bits per heavy atom. The van der Waals surface area contributed by atoms with Crippen molar-refractivity contribution in [3.8, 4) is 17.2 Å². The van der Waals surface area contributed by atoms with E-state index in [0.29, 0.717) is 42.4 Å². The minimum absolute atomic E-state index is 0.142. The van der Waals surface area contributed by atoms with Gasteiger partial charge in [-0.3, -0.25) is 4.90 Å². The Labute approximate surface area is 139 Å². The molecule has 0 bridgehead atoms. The van der Waals surface area contributed by atoms with Crippen molar-refractivity contribution in [1.29, 1.82) is 0 Å². The number of β-amino-alcohol motifs (C(OH)–C–C–N with tert-alkyl or cyclic N) is 1. The number of ether oxygens (including phenoxy) is 3. The third-order valence-corrected chi connectivity index (χ3v) is 4.48. The normalized spacial score (nSPS) is 19.2. The minimum Gasteiger partial charge on any atom is -0.492 e. The number of fused-ring (bicyclic) bond motifs is 2. The van der Waals surface area contributed by atoms with Crippen molar-refractivity contribution in [3.63, 3.8) is 0 Å². The van der Waals surface area contributed by atoms with Crippen molar-refractivity contribution < 1.29 is 23.7 Å². The lowest BCUT2D eigenvalue weighted by molar-refractivity contribution is 0.0860. The van der Waals surface area contributed by atoms with Gasteiger partial charge in [0.1, 0.15) is 5.82 Å². The van der Waals surface area contributed by atoms with Crippen LogP contribution in [0.3, 0.4) is 0 Å². The van der Waals surface area contributed by atoms with Crippen molar-refractivity contribution in [1.82, 2.24) is 4.90 Å². The van der Waals surface area contributed by atoms with Crippen molar-refractivity contribution in [3.05, 3.63) is 52.8 Å². The fourth-order valence-electron chi connectivity index (χ4n) is 3.37. The number of hydrogen-bond donors (Lipinski definition) is 1. The average molecular weight is 331 g/mol. The van der Waals surface area contributed by atoms with Crippen LogP contribution in [0.1, 0.15) is 22.8 Å². The van der Waals surface area contributed by atoms with Crippen LogP contribution < -0.4 is 14.2 Å². The van der Waals surface area contributed by atoms with Gasteiger partial charge in [0, 0.05) is 30.8 Å². The van der Waals surface area contributed by atoms with Gasteiger partial charge in [-0.2, -0.15) is 0 Å². The van der Waals surface area contributed by atoms with E-state index in [0.717, 1.165) is 11.1 Å². The fourth-order valence-corrected chi connectivity index (χ4v) is 3.37. The van der Waals surface area contributed by atoms with Gasteiger partial charge in [0.2, 0.25) is 12.5 Å². The highest BCUT2D eigenvalue weighted by atomic mass is 19.1. The Balaban J connectivity index is 1.68. The quantitative estimate of drug-likeness (QED) is 0.937. The Hall–Kier alpha value is -2.31. The molecule has 5 nitrogen and oxygen atoms in total. The van der Waals surface area contributed by atoms with Gasteiger partial charge in [0.05, 0.1) is 13.2 Å². The van der Waals surface area contributed by atoms with E-state index in [-0.39, 0.29) is 12.6 Å². The van der Waals surface area contributed by atoms with E-state index >= 15 is 0 Å². The van der Waals surface area contributed by atoms with Gasteiger partial charge in [-0.05, 0) is 17.7 Å². The van der Waals surface area contributed by atoms with Crippen molar-refractivity contribution in [2.75, 3.05) is 20.4 Å². The highest BCUT2D eigenvalue weighted by molar-refractivity contribution is 5.61. The SMILES string of the molecule is COc1c2c(cc3c1OCO3)C(O)CN(Cc1ccccc1F)C2. The summed E-state index contributed by atoms with van der Waals surface area (Å²) >= 11 is 0. The first-order chi connectivity index (χ1) is 11.7. The second-order valence-electron chi connectivity index (χ2n) is 5.99. The molecule has 2 aromatic carbocycles. The lowest BCUT2D eigenvalue weighted by Gasteiger charge is -2.33. The van der Waals surface area contributed by atoms with Crippen LogP contribution >= 0.6 is 0 Å². The van der Waals surface area contributed by atoms with Crippen molar-refractivity contribution >= 4 is 0 Å². The number of aliphatic hydroxyl groups is 1. The highest BCUT2D eigenvalue weighted by Gasteiger charge is 2.32. The van der Waals surface area contributed by atoms with E-state index in [1.807, 2.05) is 17.0 Å². The van der Waals surface area contributed by atoms with E-state index in [1.54, 1.807) is 19.2 Å². The third kappa shape index (κ3) is 2.48. The number of halogens is 1. The number of hydrogen-bond acceptors (Lipinski definition) is 5. The number of nitrogens with zero attached hydrogens (tertiary/aromatic N) is 1. The number of methoxy groups -OCH3 is 1. The maximum absolute atomic E-state index is 13.9. The van der Waals surface area contributed by atoms with Crippen LogP contribution in [0.15, 0.2) is 30.3 Å². The molecule has 1 N–H and O–H groups in total. The van der Waals surface area contributed by atoms with Crippen LogP contribution in [0.4, 0.5) is 4.39 Å². The van der Waals surface area contributed by atoms with E-state index < -0.39 is 6.10 Å². The largest absolute Gasteiger partial charge is 0.492 e. The molecule has 0 fully saturated rings. The molecule has 0 saturated heterocycles. The number of rotatable bonds is 3.